The van der Waals surface area contributed by atoms with E-state index in [2.05, 4.69) is 315 Å². The molecule has 1 unspecified atom stereocenters. The predicted octanol–water partition coefficient (Wildman–Crippen LogP) is 20.9. The molecule has 0 aliphatic heterocycles. The number of rotatable bonds is 9. The quantitative estimate of drug-likeness (QED) is 0.136. The Labute approximate surface area is 468 Å². The smallest absolute Gasteiger partial charge is 0.0543 e. The number of benzene rings is 12. The van der Waals surface area contributed by atoms with E-state index in [4.69, 9.17) is 0 Å². The standard InChI is InChI=1S/C78H58N2/c1-77(2)51-78(3,62-38-39-63(56-30-18-8-19-31-56)75(48-62)79-71-40-34-58(52-22-10-4-11-23-52)44-65(71)66-45-59(35-41-72(66)79)53-24-12-5-13-25-53)70-49-64(57-32-20-9-21-33-57)76(50-69(70)77)80-73-42-36-60(54-26-14-6-15-27-54)46-67(73)68-47-61(37-43-74(68)80)55-28-16-7-17-29-55/h4-50H,51H2,1-3H3. The predicted molar refractivity (Wildman–Crippen MR) is 338 cm³/mol. The van der Waals surface area contributed by atoms with Gasteiger partial charge >= 0.3 is 0 Å². The number of hydrogen-bond acceptors (Lipinski definition) is 0. The van der Waals surface area contributed by atoms with Gasteiger partial charge in [0.1, 0.15) is 0 Å². The number of aromatic nitrogens is 2. The normalized spacial score (nSPS) is 14.8. The van der Waals surface area contributed by atoms with Gasteiger partial charge in [-0.25, -0.2) is 0 Å². The van der Waals surface area contributed by atoms with E-state index in [0.717, 1.165) is 6.42 Å². The fraction of sp³-hybridized carbons (Fsp3) is 0.0769. The van der Waals surface area contributed by atoms with E-state index in [1.165, 1.54) is 138 Å². The average Bonchev–Trinajstić information content (AvgIpc) is 4.32. The largest absolute Gasteiger partial charge is 0.309 e. The maximum atomic E-state index is 2.57. The van der Waals surface area contributed by atoms with Crippen molar-refractivity contribution in [2.45, 2.75) is 38.0 Å². The van der Waals surface area contributed by atoms with Crippen LogP contribution in [-0.2, 0) is 10.8 Å². The second-order valence-electron chi connectivity index (χ2n) is 22.8. The maximum Gasteiger partial charge on any atom is 0.0543 e. The van der Waals surface area contributed by atoms with Crippen molar-refractivity contribution in [1.82, 2.24) is 9.13 Å². The average molecular weight is 1020 g/mol. The molecule has 2 heterocycles. The van der Waals surface area contributed by atoms with Gasteiger partial charge in [-0.05, 0) is 151 Å². The molecule has 2 heteroatoms. The molecule has 0 saturated carbocycles. The third kappa shape index (κ3) is 7.77. The van der Waals surface area contributed by atoms with Gasteiger partial charge in [0.15, 0.2) is 0 Å². The minimum absolute atomic E-state index is 0.166. The minimum atomic E-state index is -0.347. The molecule has 0 spiro atoms. The lowest BCUT2D eigenvalue weighted by molar-refractivity contribution is 0.425. The van der Waals surface area contributed by atoms with Crippen molar-refractivity contribution in [2.24, 2.45) is 0 Å². The van der Waals surface area contributed by atoms with Crippen LogP contribution in [0.15, 0.2) is 285 Å². The summed E-state index contributed by atoms with van der Waals surface area (Å²) >= 11 is 0. The molecule has 1 atom stereocenters. The van der Waals surface area contributed by atoms with Crippen molar-refractivity contribution in [1.29, 1.82) is 0 Å². The van der Waals surface area contributed by atoms with Gasteiger partial charge in [-0.15, -0.1) is 0 Å². The van der Waals surface area contributed by atoms with Crippen LogP contribution < -0.4 is 0 Å². The Bertz CT molecular complexity index is 4470. The molecule has 0 bridgehead atoms. The van der Waals surface area contributed by atoms with Gasteiger partial charge in [0.05, 0.1) is 33.4 Å². The first-order valence-electron chi connectivity index (χ1n) is 28.1. The Morgan fingerprint density at radius 3 is 0.950 bits per heavy atom. The third-order valence-electron chi connectivity index (χ3n) is 17.5. The zero-order chi connectivity index (χ0) is 53.5. The molecule has 14 aromatic rings. The van der Waals surface area contributed by atoms with E-state index in [1.807, 2.05) is 0 Å². The van der Waals surface area contributed by atoms with E-state index in [1.54, 1.807) is 0 Å². The van der Waals surface area contributed by atoms with Crippen molar-refractivity contribution >= 4 is 43.6 Å². The highest BCUT2D eigenvalue weighted by molar-refractivity contribution is 6.13. The maximum absolute atomic E-state index is 2.57. The Morgan fingerprint density at radius 2 is 0.588 bits per heavy atom. The lowest BCUT2D eigenvalue weighted by Gasteiger charge is -2.30. The van der Waals surface area contributed by atoms with Crippen LogP contribution in [0.1, 0.15) is 43.9 Å². The first-order valence-corrected chi connectivity index (χ1v) is 28.1. The summed E-state index contributed by atoms with van der Waals surface area (Å²) in [6.45, 7) is 7.44. The zero-order valence-electron chi connectivity index (χ0n) is 45.2. The first kappa shape index (κ1) is 47.5. The van der Waals surface area contributed by atoms with E-state index in [-0.39, 0.29) is 10.8 Å². The molecule has 1 aliphatic carbocycles. The van der Waals surface area contributed by atoms with Crippen molar-refractivity contribution in [3.8, 4) is 78.1 Å². The summed E-state index contributed by atoms with van der Waals surface area (Å²) in [6, 6.07) is 106. The summed E-state index contributed by atoms with van der Waals surface area (Å²) in [5.74, 6) is 0. The molecule has 0 radical (unpaired) electrons. The summed E-state index contributed by atoms with van der Waals surface area (Å²) in [5.41, 5.74) is 25.2. The van der Waals surface area contributed by atoms with Crippen LogP contribution in [-0.4, -0.2) is 9.13 Å². The highest BCUT2D eigenvalue weighted by Crippen LogP contribution is 2.56. The molecule has 2 aromatic heterocycles. The monoisotopic (exact) mass is 1020 g/mol. The SMILES string of the molecule is CC1(C)CC(C)(c2ccc(-c3ccccc3)c(-n3c4ccc(-c5ccccc5)cc4c4cc(-c5ccccc5)ccc43)c2)c2cc(-c3ccccc3)c(-n3c4ccc(-c5ccccc5)cc4c4cc(-c5ccccc5)ccc43)cc21. The van der Waals surface area contributed by atoms with Crippen LogP contribution >= 0.6 is 0 Å². The molecule has 0 N–H and O–H groups in total. The lowest BCUT2D eigenvalue weighted by atomic mass is 9.74. The van der Waals surface area contributed by atoms with E-state index in [9.17, 15) is 0 Å². The van der Waals surface area contributed by atoms with Gasteiger partial charge < -0.3 is 9.13 Å². The number of fused-ring (bicyclic) bond motifs is 7. The summed E-state index contributed by atoms with van der Waals surface area (Å²) in [5, 5.41) is 4.96. The molecule has 15 rings (SSSR count). The molecule has 0 amide bonds. The van der Waals surface area contributed by atoms with Crippen molar-refractivity contribution in [3.05, 3.63) is 302 Å². The Balaban J connectivity index is 0.962. The van der Waals surface area contributed by atoms with E-state index >= 15 is 0 Å². The van der Waals surface area contributed by atoms with Crippen molar-refractivity contribution in [2.75, 3.05) is 0 Å². The van der Waals surface area contributed by atoms with Gasteiger partial charge in [-0.2, -0.15) is 0 Å². The molecule has 380 valence electrons. The van der Waals surface area contributed by atoms with Gasteiger partial charge in [0.2, 0.25) is 0 Å². The Kier molecular flexibility index (Phi) is 11.1. The first-order chi connectivity index (χ1) is 39.3. The van der Waals surface area contributed by atoms with Crippen LogP contribution in [0.5, 0.6) is 0 Å². The topological polar surface area (TPSA) is 9.86 Å². The summed E-state index contributed by atoms with van der Waals surface area (Å²) < 4.78 is 5.11. The number of hydrogen-bond donors (Lipinski definition) is 0. The van der Waals surface area contributed by atoms with Crippen LogP contribution in [0.25, 0.3) is 122 Å². The molecule has 0 saturated heterocycles. The van der Waals surface area contributed by atoms with Crippen molar-refractivity contribution < 1.29 is 0 Å². The van der Waals surface area contributed by atoms with Crippen LogP contribution in [0.3, 0.4) is 0 Å². The summed E-state index contributed by atoms with van der Waals surface area (Å²) in [7, 11) is 0. The second-order valence-corrected chi connectivity index (χ2v) is 22.8. The Hall–Kier alpha value is -9.76. The molecule has 2 nitrogen and oxygen atoms in total. The Morgan fingerprint density at radius 1 is 0.263 bits per heavy atom. The van der Waals surface area contributed by atoms with Crippen LogP contribution in [0.2, 0.25) is 0 Å². The summed E-state index contributed by atoms with van der Waals surface area (Å²) in [4.78, 5) is 0. The number of nitrogens with zero attached hydrogens (tertiary/aromatic N) is 2. The van der Waals surface area contributed by atoms with E-state index in [0.29, 0.717) is 0 Å². The van der Waals surface area contributed by atoms with Gasteiger partial charge in [0.25, 0.3) is 0 Å². The van der Waals surface area contributed by atoms with Gasteiger partial charge in [-0.3, -0.25) is 0 Å². The third-order valence-corrected chi connectivity index (χ3v) is 17.5. The molecular formula is C78H58N2. The molecule has 0 fully saturated rings. The second kappa shape index (κ2) is 18.7. The molecular weight excluding hydrogens is 965 g/mol. The highest BCUT2D eigenvalue weighted by atomic mass is 15.0. The fourth-order valence-corrected chi connectivity index (χ4v) is 13.7. The zero-order valence-corrected chi connectivity index (χ0v) is 45.2. The molecule has 1 aliphatic rings. The lowest BCUT2D eigenvalue weighted by Crippen LogP contribution is -2.24. The van der Waals surface area contributed by atoms with Crippen molar-refractivity contribution in [3.63, 3.8) is 0 Å². The van der Waals surface area contributed by atoms with Gasteiger partial charge in [-0.1, -0.05) is 239 Å². The summed E-state index contributed by atoms with van der Waals surface area (Å²) in [6.07, 6.45) is 0.944. The highest BCUT2D eigenvalue weighted by Gasteiger charge is 2.47. The van der Waals surface area contributed by atoms with Crippen LogP contribution in [0, 0.1) is 0 Å². The van der Waals surface area contributed by atoms with Crippen LogP contribution in [0.4, 0.5) is 0 Å². The minimum Gasteiger partial charge on any atom is -0.309 e. The van der Waals surface area contributed by atoms with E-state index < -0.39 is 0 Å². The molecule has 12 aromatic carbocycles. The van der Waals surface area contributed by atoms with Gasteiger partial charge in [0, 0.05) is 38.1 Å². The fourth-order valence-electron chi connectivity index (χ4n) is 13.7. The molecule has 80 heavy (non-hydrogen) atoms.